The molecule has 5 nitrogen and oxygen atoms in total. The van der Waals surface area contributed by atoms with Gasteiger partial charge in [-0.25, -0.2) is 0 Å². The lowest BCUT2D eigenvalue weighted by Gasteiger charge is -2.28. The molecule has 1 fully saturated rings. The highest BCUT2D eigenvalue weighted by atomic mass is 16.5. The minimum atomic E-state index is -0.363. The van der Waals surface area contributed by atoms with Crippen molar-refractivity contribution in [2.75, 3.05) is 26.4 Å². The van der Waals surface area contributed by atoms with E-state index < -0.39 is 0 Å². The number of hydrogen-bond donors (Lipinski definition) is 2. The number of carbonyl (C=O) groups excluding carboxylic acids is 1. The number of nitrogens with zero attached hydrogens (tertiary/aromatic N) is 1. The van der Waals surface area contributed by atoms with E-state index in [0.717, 1.165) is 37.9 Å². The molecule has 0 atom stereocenters. The fourth-order valence-corrected chi connectivity index (χ4v) is 5.14. The van der Waals surface area contributed by atoms with Crippen LogP contribution >= 0.6 is 0 Å². The van der Waals surface area contributed by atoms with Crippen molar-refractivity contribution in [3.05, 3.63) is 53.2 Å². The second kappa shape index (κ2) is 7.15. The minimum Gasteiger partial charge on any atom is -0.366 e. The van der Waals surface area contributed by atoms with E-state index in [4.69, 9.17) is 10.5 Å². The number of fused-ring (bicyclic) bond motifs is 3. The maximum atomic E-state index is 12.1. The first-order valence-corrected chi connectivity index (χ1v) is 10.7. The van der Waals surface area contributed by atoms with Crippen molar-refractivity contribution < 1.29 is 9.53 Å². The van der Waals surface area contributed by atoms with Crippen LogP contribution in [0, 0.1) is 5.41 Å². The van der Waals surface area contributed by atoms with Crippen LogP contribution in [0.5, 0.6) is 0 Å². The summed E-state index contributed by atoms with van der Waals surface area (Å²) >= 11 is 0. The Labute approximate surface area is 171 Å². The zero-order valence-corrected chi connectivity index (χ0v) is 16.9. The van der Waals surface area contributed by atoms with E-state index in [1.54, 1.807) is 6.08 Å². The number of carbonyl (C=O) groups is 1. The number of primary amides is 1. The molecular formula is C24H29N3O2. The molecule has 0 radical (unpaired) electrons. The number of hydrogen-bond acceptors (Lipinski definition) is 3. The van der Waals surface area contributed by atoms with E-state index in [1.165, 1.54) is 47.0 Å². The SMILES string of the molecule is C=CCOCN1CCC=C(c2ccc(C(N)=O)c3[nH]c4c(c23)CC2(CC4)CC2)C1. The summed E-state index contributed by atoms with van der Waals surface area (Å²) in [5.74, 6) is -0.363. The third-order valence-corrected chi connectivity index (χ3v) is 6.91. The lowest BCUT2D eigenvalue weighted by atomic mass is 9.82. The van der Waals surface area contributed by atoms with Crippen LogP contribution in [0.4, 0.5) is 0 Å². The third-order valence-electron chi connectivity index (χ3n) is 6.91. The number of rotatable bonds is 6. The Bertz CT molecular complexity index is 1010. The predicted molar refractivity (Wildman–Crippen MR) is 116 cm³/mol. The van der Waals surface area contributed by atoms with Crippen LogP contribution in [0.3, 0.4) is 0 Å². The molecule has 3 aliphatic rings. The predicted octanol–water partition coefficient (Wildman–Crippen LogP) is 3.78. The first-order chi connectivity index (χ1) is 14.1. The Morgan fingerprint density at radius 2 is 2.21 bits per heavy atom. The van der Waals surface area contributed by atoms with E-state index in [9.17, 15) is 4.79 Å². The van der Waals surface area contributed by atoms with Crippen LogP contribution in [-0.4, -0.2) is 42.2 Å². The Kier molecular flexibility index (Phi) is 4.60. The van der Waals surface area contributed by atoms with Crippen molar-refractivity contribution in [2.45, 2.75) is 38.5 Å². The maximum Gasteiger partial charge on any atom is 0.250 e. The summed E-state index contributed by atoms with van der Waals surface area (Å²) < 4.78 is 5.67. The molecular weight excluding hydrogens is 362 g/mol. The van der Waals surface area contributed by atoms with Gasteiger partial charge in [0, 0.05) is 24.2 Å². The molecule has 1 aromatic heterocycles. The first kappa shape index (κ1) is 18.6. The van der Waals surface area contributed by atoms with Crippen molar-refractivity contribution in [1.82, 2.24) is 9.88 Å². The Morgan fingerprint density at radius 1 is 1.34 bits per heavy atom. The molecule has 1 spiro atoms. The minimum absolute atomic E-state index is 0.363. The summed E-state index contributed by atoms with van der Waals surface area (Å²) in [6, 6.07) is 3.99. The van der Waals surface area contributed by atoms with Crippen LogP contribution in [0.1, 0.15) is 52.9 Å². The molecule has 2 aliphatic carbocycles. The van der Waals surface area contributed by atoms with Crippen LogP contribution in [0.15, 0.2) is 30.9 Å². The van der Waals surface area contributed by atoms with Gasteiger partial charge in [0.15, 0.2) is 0 Å². The van der Waals surface area contributed by atoms with Crippen LogP contribution in [0.25, 0.3) is 16.5 Å². The molecule has 2 aromatic rings. The normalized spacial score (nSPS) is 20.5. The molecule has 0 saturated heterocycles. The molecule has 1 amide bonds. The van der Waals surface area contributed by atoms with Crippen LogP contribution in [0.2, 0.25) is 0 Å². The topological polar surface area (TPSA) is 71.3 Å². The largest absolute Gasteiger partial charge is 0.366 e. The van der Waals surface area contributed by atoms with Crippen molar-refractivity contribution in [2.24, 2.45) is 11.1 Å². The highest BCUT2D eigenvalue weighted by Gasteiger charge is 2.45. The van der Waals surface area contributed by atoms with Crippen molar-refractivity contribution in [1.29, 1.82) is 0 Å². The molecule has 3 N–H and O–H groups in total. The average Bonchev–Trinajstić information content (AvgIpc) is 3.37. The van der Waals surface area contributed by atoms with Crippen molar-refractivity contribution in [3.8, 4) is 0 Å². The fraction of sp³-hybridized carbons (Fsp3) is 0.458. The van der Waals surface area contributed by atoms with E-state index in [2.05, 4.69) is 28.6 Å². The van der Waals surface area contributed by atoms with Gasteiger partial charge in [-0.1, -0.05) is 18.2 Å². The molecule has 2 heterocycles. The lowest BCUT2D eigenvalue weighted by Crippen LogP contribution is -2.31. The molecule has 29 heavy (non-hydrogen) atoms. The summed E-state index contributed by atoms with van der Waals surface area (Å²) in [6.07, 6.45) is 11.2. The Hall–Kier alpha value is -2.37. The van der Waals surface area contributed by atoms with Crippen LogP contribution < -0.4 is 5.73 Å². The van der Waals surface area contributed by atoms with Gasteiger partial charge in [0.1, 0.15) is 0 Å². The molecule has 5 rings (SSSR count). The number of nitrogens with one attached hydrogen (secondary N) is 1. The molecule has 0 unspecified atom stereocenters. The quantitative estimate of drug-likeness (QED) is 0.581. The second-order valence-electron chi connectivity index (χ2n) is 8.89. The van der Waals surface area contributed by atoms with Gasteiger partial charge >= 0.3 is 0 Å². The smallest absolute Gasteiger partial charge is 0.250 e. The molecule has 1 aromatic carbocycles. The van der Waals surface area contributed by atoms with Crippen molar-refractivity contribution in [3.63, 3.8) is 0 Å². The third kappa shape index (κ3) is 3.32. The fourth-order valence-electron chi connectivity index (χ4n) is 5.14. The molecule has 5 heteroatoms. The van der Waals surface area contributed by atoms with E-state index in [-0.39, 0.29) is 5.91 Å². The van der Waals surface area contributed by atoms with Gasteiger partial charge in [0.05, 0.1) is 24.4 Å². The molecule has 1 aliphatic heterocycles. The number of benzene rings is 1. The van der Waals surface area contributed by atoms with Gasteiger partial charge in [-0.2, -0.15) is 0 Å². The van der Waals surface area contributed by atoms with Gasteiger partial charge in [0.2, 0.25) is 0 Å². The lowest BCUT2D eigenvalue weighted by molar-refractivity contribution is 0.0513. The van der Waals surface area contributed by atoms with Crippen molar-refractivity contribution >= 4 is 22.4 Å². The monoisotopic (exact) mass is 391 g/mol. The molecule has 152 valence electrons. The van der Waals surface area contributed by atoms with E-state index in [0.29, 0.717) is 24.3 Å². The number of H-pyrrole nitrogens is 1. The molecule has 1 saturated carbocycles. The number of amides is 1. The number of aryl methyl sites for hydroxylation is 1. The van der Waals surface area contributed by atoms with Gasteiger partial charge in [-0.05, 0) is 66.7 Å². The standard InChI is InChI=1S/C24H29N3O2/c1-2-12-29-15-27-11-3-4-16(14-27)17-5-6-18(23(25)28)22-21(17)19-13-24(9-10-24)8-7-20(19)26-22/h2,4-6,26H,1,3,7-15H2,(H2,25,28). The second-order valence-corrected chi connectivity index (χ2v) is 8.89. The highest BCUT2D eigenvalue weighted by molar-refractivity contribution is 6.09. The number of ether oxygens (including phenoxy) is 1. The van der Waals surface area contributed by atoms with Gasteiger partial charge < -0.3 is 15.5 Å². The number of aromatic amines is 1. The van der Waals surface area contributed by atoms with Crippen LogP contribution in [-0.2, 0) is 17.6 Å². The van der Waals surface area contributed by atoms with E-state index >= 15 is 0 Å². The first-order valence-electron chi connectivity index (χ1n) is 10.7. The Balaban J connectivity index is 1.56. The van der Waals surface area contributed by atoms with Gasteiger partial charge in [-0.3, -0.25) is 9.69 Å². The Morgan fingerprint density at radius 3 is 2.97 bits per heavy atom. The number of nitrogens with two attached hydrogens (primary N) is 1. The maximum absolute atomic E-state index is 12.1. The highest BCUT2D eigenvalue weighted by Crippen LogP contribution is 2.56. The molecule has 0 bridgehead atoms. The summed E-state index contributed by atoms with van der Waals surface area (Å²) in [5, 5.41) is 1.22. The van der Waals surface area contributed by atoms with Gasteiger partial charge in [-0.15, -0.1) is 6.58 Å². The van der Waals surface area contributed by atoms with E-state index in [1.807, 2.05) is 6.07 Å². The van der Waals surface area contributed by atoms with Gasteiger partial charge in [0.25, 0.3) is 5.91 Å². The summed E-state index contributed by atoms with van der Waals surface area (Å²) in [7, 11) is 0. The number of aromatic nitrogens is 1. The summed E-state index contributed by atoms with van der Waals surface area (Å²) in [4.78, 5) is 18.0. The summed E-state index contributed by atoms with van der Waals surface area (Å²) in [5.41, 5.74) is 13.0. The summed E-state index contributed by atoms with van der Waals surface area (Å²) in [6.45, 7) is 6.75. The zero-order chi connectivity index (χ0) is 20.0. The zero-order valence-electron chi connectivity index (χ0n) is 16.9. The average molecular weight is 392 g/mol.